The van der Waals surface area contributed by atoms with E-state index in [4.69, 9.17) is 14.8 Å². The Balaban J connectivity index is 2.17. The van der Waals surface area contributed by atoms with Crippen LogP contribution in [0.15, 0.2) is 72.4 Å². The third-order valence-corrected chi connectivity index (χ3v) is 2.87. The van der Waals surface area contributed by atoms with Crippen LogP contribution in [0.2, 0.25) is 0 Å². The van der Waals surface area contributed by atoms with Crippen LogP contribution in [0.3, 0.4) is 0 Å². The Morgan fingerprint density at radius 3 is 2.42 bits per heavy atom. The fourth-order valence-electron chi connectivity index (χ4n) is 1.73. The van der Waals surface area contributed by atoms with Crippen molar-refractivity contribution in [2.45, 2.75) is 0 Å². The molecule has 0 aliphatic carbocycles. The summed E-state index contributed by atoms with van der Waals surface area (Å²) in [7, 11) is 0. The van der Waals surface area contributed by atoms with Gasteiger partial charge in [-0.2, -0.15) is 0 Å². The van der Waals surface area contributed by atoms with Gasteiger partial charge in [0.15, 0.2) is 0 Å². The molecule has 0 bridgehead atoms. The van der Waals surface area contributed by atoms with Crippen LogP contribution in [0.1, 0.15) is 15.9 Å². The monoisotopic (exact) mass is 327 g/mol. The van der Waals surface area contributed by atoms with Crippen LogP contribution >= 0.6 is 0 Å². The van der Waals surface area contributed by atoms with Crippen molar-refractivity contribution in [1.29, 1.82) is 0 Å². The van der Waals surface area contributed by atoms with Crippen molar-refractivity contribution in [2.75, 3.05) is 11.8 Å². The molecule has 124 valence electrons. The van der Waals surface area contributed by atoms with Gasteiger partial charge in [-0.15, -0.1) is 0 Å². The highest BCUT2D eigenvalue weighted by molar-refractivity contribution is 6.04. The Morgan fingerprint density at radius 2 is 1.83 bits per heavy atom. The van der Waals surface area contributed by atoms with Crippen molar-refractivity contribution < 1.29 is 19.6 Å². The Kier molecular flexibility index (Phi) is 6.07. The number of oxime groups is 1. The molecule has 0 aliphatic heterocycles. The van der Waals surface area contributed by atoms with Crippen molar-refractivity contribution in [3.63, 3.8) is 0 Å². The predicted molar refractivity (Wildman–Crippen MR) is 88.6 cm³/mol. The molecule has 2 aromatic carbocycles. The first-order valence-corrected chi connectivity index (χ1v) is 6.96. The molecule has 0 unspecified atom stereocenters. The summed E-state index contributed by atoms with van der Waals surface area (Å²) in [4.78, 5) is 17.2. The first-order chi connectivity index (χ1) is 11.6. The van der Waals surface area contributed by atoms with Crippen LogP contribution in [-0.4, -0.2) is 23.7 Å². The molecule has 0 spiro atoms. The highest BCUT2D eigenvalue weighted by Gasteiger charge is 2.14. The van der Waals surface area contributed by atoms with E-state index in [2.05, 4.69) is 11.7 Å². The minimum atomic E-state index is -0.679. The molecule has 0 heterocycles. The van der Waals surface area contributed by atoms with Crippen molar-refractivity contribution in [1.82, 2.24) is 0 Å². The average molecular weight is 327 g/mol. The van der Waals surface area contributed by atoms with Gasteiger partial charge in [-0.25, -0.2) is 4.79 Å². The lowest BCUT2D eigenvalue weighted by Crippen LogP contribution is -2.15. The number of ether oxygens (including phenoxy) is 1. The fraction of sp³-hybridized carbons (Fsp3) is 0.0588. The first-order valence-electron chi connectivity index (χ1n) is 6.96. The molecular weight excluding hydrogens is 312 g/mol. The largest absolute Gasteiger partial charge is 0.733 e. The molecule has 0 fully saturated rings. The van der Waals surface area contributed by atoms with Gasteiger partial charge in [0.2, 0.25) is 0 Å². The van der Waals surface area contributed by atoms with Crippen LogP contribution < -0.4 is 5.23 Å². The third kappa shape index (κ3) is 4.67. The van der Waals surface area contributed by atoms with Crippen molar-refractivity contribution in [3.8, 4) is 0 Å². The topological polar surface area (TPSA) is 94.4 Å². The van der Waals surface area contributed by atoms with Crippen LogP contribution in [0, 0.1) is 5.21 Å². The highest BCUT2D eigenvalue weighted by Crippen LogP contribution is 2.14. The molecule has 0 radical (unpaired) electrons. The standard InChI is InChI=1S/C17H15N2O5/c1-2-12-23-18-16(13-6-4-3-5-7-13)24-17(20)14-8-10-15(11-9-14)19(21)22/h2-11,21H,1,12H2/q-1/b18-16-. The lowest BCUT2D eigenvalue weighted by molar-refractivity contribution is 0.0698. The van der Waals surface area contributed by atoms with E-state index in [9.17, 15) is 10.0 Å². The van der Waals surface area contributed by atoms with Gasteiger partial charge < -0.3 is 20.0 Å². The molecule has 0 saturated carbocycles. The SMILES string of the molecule is C=CCO/N=C(\OC(=O)c1ccc(N([O-])O)cc1)c1ccccc1. The van der Waals surface area contributed by atoms with E-state index < -0.39 is 5.97 Å². The summed E-state index contributed by atoms with van der Waals surface area (Å²) in [6.45, 7) is 3.67. The summed E-state index contributed by atoms with van der Waals surface area (Å²) in [5, 5.41) is 23.0. The van der Waals surface area contributed by atoms with Gasteiger partial charge in [-0.05, 0) is 41.6 Å². The summed E-state index contributed by atoms with van der Waals surface area (Å²) < 4.78 is 5.27. The normalized spacial score (nSPS) is 10.8. The zero-order valence-electron chi connectivity index (χ0n) is 12.7. The number of rotatable bonds is 6. The molecule has 24 heavy (non-hydrogen) atoms. The van der Waals surface area contributed by atoms with Crippen molar-refractivity contribution in [2.24, 2.45) is 5.16 Å². The molecule has 7 nitrogen and oxygen atoms in total. The van der Waals surface area contributed by atoms with E-state index in [1.54, 1.807) is 24.3 Å². The molecule has 7 heteroatoms. The van der Waals surface area contributed by atoms with Gasteiger partial charge in [0.1, 0.15) is 6.61 Å². The van der Waals surface area contributed by atoms with Gasteiger partial charge in [-0.3, -0.25) is 5.21 Å². The number of esters is 1. The number of nitrogens with zero attached hydrogens (tertiary/aromatic N) is 2. The summed E-state index contributed by atoms with van der Waals surface area (Å²) >= 11 is 0. The molecule has 0 atom stereocenters. The van der Waals surface area contributed by atoms with Crippen molar-refractivity contribution >= 4 is 17.6 Å². The van der Waals surface area contributed by atoms with Crippen LogP contribution in [-0.2, 0) is 9.57 Å². The van der Waals surface area contributed by atoms with Gasteiger partial charge in [0.25, 0.3) is 5.90 Å². The zero-order chi connectivity index (χ0) is 17.4. The Morgan fingerprint density at radius 1 is 1.17 bits per heavy atom. The van der Waals surface area contributed by atoms with Gasteiger partial charge in [0, 0.05) is 5.56 Å². The van der Waals surface area contributed by atoms with Crippen LogP contribution in [0.5, 0.6) is 0 Å². The maximum absolute atomic E-state index is 12.2. The summed E-state index contributed by atoms with van der Waals surface area (Å²) in [6, 6.07) is 14.1. The van der Waals surface area contributed by atoms with E-state index in [0.29, 0.717) is 5.56 Å². The molecule has 0 amide bonds. The van der Waals surface area contributed by atoms with Crippen LogP contribution in [0.4, 0.5) is 5.69 Å². The lowest BCUT2D eigenvalue weighted by atomic mass is 10.2. The number of carbonyl (C=O) groups is 1. The van der Waals surface area contributed by atoms with Gasteiger partial charge in [-0.1, -0.05) is 30.9 Å². The third-order valence-electron chi connectivity index (χ3n) is 2.87. The van der Waals surface area contributed by atoms with E-state index in [1.807, 2.05) is 6.07 Å². The summed E-state index contributed by atoms with van der Waals surface area (Å²) in [5.41, 5.74) is 0.749. The van der Waals surface area contributed by atoms with Gasteiger partial charge in [0.05, 0.1) is 11.3 Å². The van der Waals surface area contributed by atoms with E-state index in [-0.39, 0.29) is 29.0 Å². The highest BCUT2D eigenvalue weighted by atomic mass is 16.8. The number of hydrogen-bond acceptors (Lipinski definition) is 7. The Labute approximate surface area is 138 Å². The molecule has 2 rings (SSSR count). The quantitative estimate of drug-likeness (QED) is 0.219. The second-order valence-corrected chi connectivity index (χ2v) is 4.56. The van der Waals surface area contributed by atoms with Crippen molar-refractivity contribution in [3.05, 3.63) is 83.6 Å². The summed E-state index contributed by atoms with van der Waals surface area (Å²) in [6.07, 6.45) is 1.51. The minimum absolute atomic E-state index is 0.000800. The maximum Gasteiger partial charge on any atom is 0.344 e. The maximum atomic E-state index is 12.2. The molecule has 0 aliphatic rings. The first kappa shape index (κ1) is 17.2. The average Bonchev–Trinajstić information content (AvgIpc) is 2.61. The second-order valence-electron chi connectivity index (χ2n) is 4.56. The van der Waals surface area contributed by atoms with Crippen LogP contribution in [0.25, 0.3) is 0 Å². The Bertz CT molecular complexity index is 712. The molecule has 0 saturated heterocycles. The number of anilines is 1. The molecule has 0 aromatic heterocycles. The number of benzene rings is 2. The lowest BCUT2D eigenvalue weighted by Gasteiger charge is -2.21. The number of hydrogen-bond donors (Lipinski definition) is 1. The Hall–Kier alpha value is -3.16. The number of carbonyl (C=O) groups excluding carboxylic acids is 1. The van der Waals surface area contributed by atoms with E-state index in [1.165, 1.54) is 30.3 Å². The minimum Gasteiger partial charge on any atom is -0.733 e. The zero-order valence-corrected chi connectivity index (χ0v) is 12.7. The second kappa shape index (κ2) is 8.47. The van der Waals surface area contributed by atoms with Gasteiger partial charge >= 0.3 is 5.97 Å². The molecular formula is C17H15N2O5-. The summed E-state index contributed by atoms with van der Waals surface area (Å²) in [5.74, 6) is -0.680. The molecule has 1 N–H and O–H groups in total. The fourth-order valence-corrected chi connectivity index (χ4v) is 1.73. The van der Waals surface area contributed by atoms with E-state index >= 15 is 0 Å². The predicted octanol–water partition coefficient (Wildman–Crippen LogP) is 3.10. The van der Waals surface area contributed by atoms with E-state index in [0.717, 1.165) is 0 Å². The smallest absolute Gasteiger partial charge is 0.344 e. The molecule has 2 aromatic rings.